The second-order valence-corrected chi connectivity index (χ2v) is 8.54. The number of aromatic hydroxyl groups is 2. The van der Waals surface area contributed by atoms with Crippen molar-refractivity contribution in [3.63, 3.8) is 0 Å². The summed E-state index contributed by atoms with van der Waals surface area (Å²) < 4.78 is 11.1. The Bertz CT molecular complexity index is 1040. The van der Waals surface area contributed by atoms with Gasteiger partial charge in [0.15, 0.2) is 12.2 Å². The van der Waals surface area contributed by atoms with E-state index >= 15 is 0 Å². The molecule has 7 nitrogen and oxygen atoms in total. The van der Waals surface area contributed by atoms with Gasteiger partial charge >= 0.3 is 0 Å². The van der Waals surface area contributed by atoms with Crippen LogP contribution in [0.15, 0.2) is 47.2 Å². The lowest BCUT2D eigenvalue weighted by Crippen LogP contribution is -2.40. The maximum absolute atomic E-state index is 10.5. The van der Waals surface area contributed by atoms with E-state index in [1.807, 2.05) is 26.0 Å². The molecule has 0 amide bonds. The molecule has 1 fully saturated rings. The summed E-state index contributed by atoms with van der Waals surface area (Å²) in [5.74, 6) is 0.748. The summed E-state index contributed by atoms with van der Waals surface area (Å²) in [6, 6.07) is 11.3. The second-order valence-electron chi connectivity index (χ2n) is 8.54. The fraction of sp³-hybridized carbons (Fsp3) is 0.400. The van der Waals surface area contributed by atoms with E-state index in [0.717, 1.165) is 56.2 Å². The molecule has 170 valence electrons. The van der Waals surface area contributed by atoms with Gasteiger partial charge in [0, 0.05) is 56.1 Å². The van der Waals surface area contributed by atoms with Gasteiger partial charge in [0.2, 0.25) is 0 Å². The lowest BCUT2D eigenvalue weighted by molar-refractivity contribution is 0.0393. The van der Waals surface area contributed by atoms with Crippen LogP contribution in [0.4, 0.5) is 5.69 Å². The number of oxazole rings is 1. The average Bonchev–Trinajstić information content (AvgIpc) is 3.27. The van der Waals surface area contributed by atoms with E-state index in [0.29, 0.717) is 17.0 Å². The minimum absolute atomic E-state index is 0.0264. The Balaban J connectivity index is 1.53. The zero-order valence-corrected chi connectivity index (χ0v) is 18.9. The minimum Gasteiger partial charge on any atom is -0.508 e. The third kappa shape index (κ3) is 4.74. The molecule has 0 spiro atoms. The number of anilines is 1. The largest absolute Gasteiger partial charge is 0.508 e. The summed E-state index contributed by atoms with van der Waals surface area (Å²) in [5, 5.41) is 20.6. The molecule has 4 rings (SSSR count). The molecular weight excluding hydrogens is 406 g/mol. The first-order valence-electron chi connectivity index (χ1n) is 11.1. The molecule has 0 radical (unpaired) electrons. The van der Waals surface area contributed by atoms with Crippen molar-refractivity contribution in [3.05, 3.63) is 48.4 Å². The number of hydrogen-bond acceptors (Lipinski definition) is 7. The van der Waals surface area contributed by atoms with Gasteiger partial charge < -0.3 is 24.3 Å². The molecule has 0 atom stereocenters. The number of phenols is 2. The highest BCUT2D eigenvalue weighted by molar-refractivity contribution is 5.81. The number of phenolic OH excluding ortho intramolecular Hbond substituents is 2. The number of rotatable bonds is 7. The lowest BCUT2D eigenvalue weighted by Gasteiger charge is -2.29. The zero-order valence-electron chi connectivity index (χ0n) is 18.9. The van der Waals surface area contributed by atoms with Gasteiger partial charge in [0.25, 0.3) is 0 Å². The SMILES string of the molecule is CC(C)c1cc(-c2ncoc2-c2ccc(N(C)CCN3CCOCC3)cc2)c(O)cc1O. The van der Waals surface area contributed by atoms with E-state index in [-0.39, 0.29) is 17.4 Å². The Hall–Kier alpha value is -3.03. The van der Waals surface area contributed by atoms with E-state index in [4.69, 9.17) is 9.15 Å². The number of ether oxygens (including phenoxy) is 1. The van der Waals surface area contributed by atoms with Crippen LogP contribution in [0.25, 0.3) is 22.6 Å². The lowest BCUT2D eigenvalue weighted by atomic mass is 9.96. The van der Waals surface area contributed by atoms with Crippen molar-refractivity contribution in [2.45, 2.75) is 19.8 Å². The molecule has 3 aromatic rings. The number of likely N-dealkylation sites (N-methyl/N-ethyl adjacent to an activating group) is 1. The fourth-order valence-electron chi connectivity index (χ4n) is 4.00. The van der Waals surface area contributed by atoms with Crippen LogP contribution < -0.4 is 4.90 Å². The second kappa shape index (κ2) is 9.63. The third-order valence-corrected chi connectivity index (χ3v) is 6.02. The van der Waals surface area contributed by atoms with Crippen LogP contribution in [0.2, 0.25) is 0 Å². The van der Waals surface area contributed by atoms with Crippen LogP contribution in [0, 0.1) is 0 Å². The molecule has 1 aliphatic heterocycles. The summed E-state index contributed by atoms with van der Waals surface area (Å²) >= 11 is 0. The maximum atomic E-state index is 10.5. The van der Waals surface area contributed by atoms with Gasteiger partial charge in [-0.15, -0.1) is 0 Å². The van der Waals surface area contributed by atoms with Gasteiger partial charge in [-0.25, -0.2) is 4.98 Å². The molecule has 0 aliphatic carbocycles. The highest BCUT2D eigenvalue weighted by Crippen LogP contribution is 2.41. The number of aromatic nitrogens is 1. The minimum atomic E-state index is -0.0264. The predicted octanol–water partition coefficient (Wildman–Crippen LogP) is 4.31. The fourth-order valence-corrected chi connectivity index (χ4v) is 4.00. The van der Waals surface area contributed by atoms with Crippen molar-refractivity contribution >= 4 is 5.69 Å². The first-order valence-corrected chi connectivity index (χ1v) is 11.1. The topological polar surface area (TPSA) is 82.2 Å². The molecule has 1 aromatic heterocycles. The van der Waals surface area contributed by atoms with E-state index in [1.54, 1.807) is 6.07 Å². The average molecular weight is 438 g/mol. The van der Waals surface area contributed by atoms with Gasteiger partial charge in [-0.05, 0) is 41.8 Å². The molecule has 1 saturated heterocycles. The highest BCUT2D eigenvalue weighted by Gasteiger charge is 2.20. The summed E-state index contributed by atoms with van der Waals surface area (Å²) in [5.41, 5.74) is 3.85. The van der Waals surface area contributed by atoms with Crippen LogP contribution in [0.3, 0.4) is 0 Å². The summed E-state index contributed by atoms with van der Waals surface area (Å²) in [4.78, 5) is 9.02. The molecule has 32 heavy (non-hydrogen) atoms. The molecule has 0 unspecified atom stereocenters. The van der Waals surface area contributed by atoms with Crippen LogP contribution in [0.1, 0.15) is 25.3 Å². The highest BCUT2D eigenvalue weighted by atomic mass is 16.5. The van der Waals surface area contributed by atoms with Crippen molar-refractivity contribution in [2.75, 3.05) is 51.3 Å². The van der Waals surface area contributed by atoms with Crippen LogP contribution >= 0.6 is 0 Å². The Morgan fingerprint density at radius 2 is 1.78 bits per heavy atom. The Morgan fingerprint density at radius 3 is 2.47 bits per heavy atom. The summed E-state index contributed by atoms with van der Waals surface area (Å²) in [6.45, 7) is 9.54. The van der Waals surface area contributed by atoms with Gasteiger partial charge in [0.05, 0.1) is 13.2 Å². The first kappa shape index (κ1) is 22.2. The van der Waals surface area contributed by atoms with E-state index < -0.39 is 0 Å². The molecule has 0 saturated carbocycles. The number of benzene rings is 2. The Kier molecular flexibility index (Phi) is 6.67. The molecule has 2 aromatic carbocycles. The monoisotopic (exact) mass is 437 g/mol. The molecule has 2 heterocycles. The van der Waals surface area contributed by atoms with Gasteiger partial charge in [0.1, 0.15) is 17.2 Å². The summed E-state index contributed by atoms with van der Waals surface area (Å²) in [6.07, 6.45) is 1.38. The smallest absolute Gasteiger partial charge is 0.182 e. The van der Waals surface area contributed by atoms with Crippen molar-refractivity contribution in [1.29, 1.82) is 0 Å². The van der Waals surface area contributed by atoms with Crippen LogP contribution in [-0.4, -0.2) is 66.5 Å². The van der Waals surface area contributed by atoms with Crippen molar-refractivity contribution in [3.8, 4) is 34.1 Å². The van der Waals surface area contributed by atoms with Gasteiger partial charge in [-0.3, -0.25) is 4.90 Å². The molecule has 0 bridgehead atoms. The van der Waals surface area contributed by atoms with Crippen LogP contribution in [0.5, 0.6) is 11.5 Å². The molecule has 1 aliphatic rings. The van der Waals surface area contributed by atoms with Crippen molar-refractivity contribution in [2.24, 2.45) is 0 Å². The number of nitrogens with zero attached hydrogens (tertiary/aromatic N) is 3. The summed E-state index contributed by atoms with van der Waals surface area (Å²) in [7, 11) is 2.09. The van der Waals surface area contributed by atoms with E-state index in [9.17, 15) is 10.2 Å². The zero-order chi connectivity index (χ0) is 22.7. The molecule has 2 N–H and O–H groups in total. The first-order chi connectivity index (χ1) is 15.4. The standard InChI is InChI=1S/C25H31N3O4/c1-17(2)20-14-21(23(30)15-22(20)29)24-25(32-16-26-24)18-4-6-19(7-5-18)27(3)8-9-28-10-12-31-13-11-28/h4-7,14-17,29-30H,8-13H2,1-3H3. The Labute approximate surface area is 188 Å². The van der Waals surface area contributed by atoms with Gasteiger partial charge in [-0.1, -0.05) is 13.8 Å². The number of hydrogen-bond donors (Lipinski definition) is 2. The van der Waals surface area contributed by atoms with Crippen molar-refractivity contribution < 1.29 is 19.4 Å². The normalized spacial score (nSPS) is 14.8. The maximum Gasteiger partial charge on any atom is 0.182 e. The van der Waals surface area contributed by atoms with E-state index in [1.165, 1.54) is 12.5 Å². The quantitative estimate of drug-likeness (QED) is 0.570. The predicted molar refractivity (Wildman–Crippen MR) is 125 cm³/mol. The van der Waals surface area contributed by atoms with Crippen molar-refractivity contribution in [1.82, 2.24) is 9.88 Å². The third-order valence-electron chi connectivity index (χ3n) is 6.02. The van der Waals surface area contributed by atoms with Crippen LogP contribution in [-0.2, 0) is 4.74 Å². The van der Waals surface area contributed by atoms with Gasteiger partial charge in [-0.2, -0.15) is 0 Å². The number of morpholine rings is 1. The Morgan fingerprint density at radius 1 is 1.06 bits per heavy atom. The molecular formula is C25H31N3O4. The molecule has 7 heteroatoms. The van der Waals surface area contributed by atoms with E-state index in [2.05, 4.69) is 34.0 Å².